The van der Waals surface area contributed by atoms with Gasteiger partial charge < -0.3 is 10.1 Å². The zero-order valence-electron chi connectivity index (χ0n) is 15.0. The summed E-state index contributed by atoms with van der Waals surface area (Å²) in [6, 6.07) is 6.54. The second-order valence-corrected chi connectivity index (χ2v) is 8.98. The average Bonchev–Trinajstić information content (AvgIpc) is 3.04. The van der Waals surface area contributed by atoms with Crippen molar-refractivity contribution in [2.45, 2.75) is 24.0 Å². The number of carbonyl (C=O) groups is 2. The predicted octanol–water partition coefficient (Wildman–Crippen LogP) is 5.56. The van der Waals surface area contributed by atoms with Gasteiger partial charge in [0.05, 0.1) is 21.5 Å². The van der Waals surface area contributed by atoms with E-state index < -0.39 is 16.7 Å². The van der Waals surface area contributed by atoms with E-state index in [1.807, 2.05) is 12.3 Å². The predicted molar refractivity (Wildman–Crippen MR) is 112 cm³/mol. The molecule has 142 valence electrons. The van der Waals surface area contributed by atoms with Crippen LogP contribution in [-0.4, -0.2) is 24.9 Å². The number of hydrogen-bond acceptors (Lipinski definition) is 4. The maximum Gasteiger partial charge on any atom is 0.351 e. The SMILES string of the molecule is CCOC(=O)c1sc(S(C)=NC(=O)Nc2ccccc2Cl)c2c1CCC=C2. The smallest absolute Gasteiger partial charge is 0.351 e. The van der Waals surface area contributed by atoms with Gasteiger partial charge in [-0.1, -0.05) is 46.6 Å². The highest BCUT2D eigenvalue weighted by molar-refractivity contribution is 7.89. The number of nitrogens with one attached hydrogen (secondary N) is 1. The second kappa shape index (κ2) is 8.82. The van der Waals surface area contributed by atoms with Gasteiger partial charge in [-0.2, -0.15) is 4.36 Å². The van der Waals surface area contributed by atoms with Crippen LogP contribution in [0.5, 0.6) is 0 Å². The van der Waals surface area contributed by atoms with E-state index in [9.17, 15) is 9.59 Å². The molecule has 27 heavy (non-hydrogen) atoms. The third kappa shape index (κ3) is 4.48. The van der Waals surface area contributed by atoms with Gasteiger partial charge in [0, 0.05) is 5.56 Å². The highest BCUT2D eigenvalue weighted by Gasteiger charge is 2.24. The molecule has 1 aromatic carbocycles. The lowest BCUT2D eigenvalue weighted by atomic mass is 10.00. The molecule has 1 atom stereocenters. The first-order valence-corrected chi connectivity index (χ1v) is 11.2. The normalized spacial score (nSPS) is 13.9. The Morgan fingerprint density at radius 2 is 2.15 bits per heavy atom. The van der Waals surface area contributed by atoms with Gasteiger partial charge in [-0.3, -0.25) is 0 Å². The molecule has 1 unspecified atom stereocenters. The summed E-state index contributed by atoms with van der Waals surface area (Å²) >= 11 is 7.44. The van der Waals surface area contributed by atoms with Crippen LogP contribution < -0.4 is 5.32 Å². The summed E-state index contributed by atoms with van der Waals surface area (Å²) in [7, 11) is -0.703. The van der Waals surface area contributed by atoms with Crippen LogP contribution in [-0.2, 0) is 21.8 Å². The first kappa shape index (κ1) is 19.8. The lowest BCUT2D eigenvalue weighted by Gasteiger charge is -2.09. The van der Waals surface area contributed by atoms with Crippen LogP contribution in [0, 0.1) is 0 Å². The van der Waals surface area contributed by atoms with E-state index in [4.69, 9.17) is 16.3 Å². The number of hydrogen-bond donors (Lipinski definition) is 1. The van der Waals surface area contributed by atoms with Gasteiger partial charge >= 0.3 is 12.0 Å². The van der Waals surface area contributed by atoms with E-state index in [0.717, 1.165) is 28.2 Å². The van der Waals surface area contributed by atoms with Crippen molar-refractivity contribution < 1.29 is 14.3 Å². The summed E-state index contributed by atoms with van der Waals surface area (Å²) in [5.74, 6) is -0.308. The van der Waals surface area contributed by atoms with Crippen LogP contribution in [0.3, 0.4) is 0 Å². The lowest BCUT2D eigenvalue weighted by molar-refractivity contribution is 0.0531. The molecule has 2 aromatic rings. The molecular formula is C19H19ClN2O3S2. The average molecular weight is 423 g/mol. The molecule has 8 heteroatoms. The summed E-state index contributed by atoms with van der Waals surface area (Å²) in [6.07, 6.45) is 7.64. The third-order valence-electron chi connectivity index (χ3n) is 3.92. The Morgan fingerprint density at radius 1 is 1.37 bits per heavy atom. The van der Waals surface area contributed by atoms with Crippen molar-refractivity contribution in [3.63, 3.8) is 0 Å². The molecule has 1 heterocycles. The first-order valence-electron chi connectivity index (χ1n) is 8.44. The van der Waals surface area contributed by atoms with Gasteiger partial charge in [0.15, 0.2) is 0 Å². The van der Waals surface area contributed by atoms with E-state index in [0.29, 0.717) is 22.2 Å². The summed E-state index contributed by atoms with van der Waals surface area (Å²) in [5, 5.41) is 3.16. The van der Waals surface area contributed by atoms with Crippen molar-refractivity contribution >= 4 is 57.4 Å². The van der Waals surface area contributed by atoms with Crippen LogP contribution in [0.25, 0.3) is 6.08 Å². The number of nitrogens with zero attached hydrogens (tertiary/aromatic N) is 1. The quantitative estimate of drug-likeness (QED) is 0.655. The number of esters is 1. The molecule has 1 N–H and O–H groups in total. The number of anilines is 1. The van der Waals surface area contributed by atoms with Crippen molar-refractivity contribution in [3.05, 3.63) is 51.4 Å². The van der Waals surface area contributed by atoms with Gasteiger partial charge in [0.25, 0.3) is 0 Å². The molecule has 1 aliphatic rings. The number of allylic oxidation sites excluding steroid dienone is 1. The molecule has 0 spiro atoms. The Morgan fingerprint density at radius 3 is 2.89 bits per heavy atom. The number of para-hydroxylation sites is 1. The van der Waals surface area contributed by atoms with Crippen LogP contribution in [0.4, 0.5) is 10.5 Å². The first-order chi connectivity index (χ1) is 13.0. The van der Waals surface area contributed by atoms with Crippen molar-refractivity contribution in [2.24, 2.45) is 4.36 Å². The maximum atomic E-state index is 12.3. The van der Waals surface area contributed by atoms with Crippen LogP contribution in [0.15, 0.2) is 38.9 Å². The molecule has 5 nitrogen and oxygen atoms in total. The molecular weight excluding hydrogens is 404 g/mol. The topological polar surface area (TPSA) is 67.8 Å². The lowest BCUT2D eigenvalue weighted by Crippen LogP contribution is -2.08. The molecule has 0 fully saturated rings. The second-order valence-electron chi connectivity index (χ2n) is 5.75. The monoisotopic (exact) mass is 422 g/mol. The standard InChI is InChI=1S/C19H19ClN2O3S2/c1-3-25-17(23)16-12-8-4-5-9-13(12)18(26-16)27(2)22-19(24)21-15-11-7-6-10-14(15)20/h5-7,9-11H,3-4,8H2,1-2H3,(H,21,24). The maximum absolute atomic E-state index is 12.3. The molecule has 1 aromatic heterocycles. The summed E-state index contributed by atoms with van der Waals surface area (Å²) < 4.78 is 10.4. The molecule has 2 amide bonds. The number of ether oxygens (including phenoxy) is 1. The number of halogens is 1. The number of carbonyl (C=O) groups excluding carboxylic acids is 2. The molecule has 0 saturated heterocycles. The highest BCUT2D eigenvalue weighted by Crippen LogP contribution is 2.36. The van der Waals surface area contributed by atoms with E-state index in [2.05, 4.69) is 15.8 Å². The van der Waals surface area contributed by atoms with Gasteiger partial charge in [0.2, 0.25) is 0 Å². The molecule has 1 aliphatic carbocycles. The van der Waals surface area contributed by atoms with E-state index >= 15 is 0 Å². The minimum Gasteiger partial charge on any atom is -0.462 e. The number of thiophene rings is 1. The Labute approximate surface area is 169 Å². The fourth-order valence-corrected chi connectivity index (χ4v) is 5.63. The van der Waals surface area contributed by atoms with Crippen molar-refractivity contribution in [3.8, 4) is 0 Å². The summed E-state index contributed by atoms with van der Waals surface area (Å²) in [4.78, 5) is 25.2. The zero-order chi connectivity index (χ0) is 19.4. The Bertz CT molecular complexity index is 950. The minimum absolute atomic E-state index is 0.308. The number of fused-ring (bicyclic) bond motifs is 1. The largest absolute Gasteiger partial charge is 0.462 e. The van der Waals surface area contributed by atoms with E-state index in [1.54, 1.807) is 31.2 Å². The van der Waals surface area contributed by atoms with Crippen molar-refractivity contribution in [1.82, 2.24) is 0 Å². The zero-order valence-corrected chi connectivity index (χ0v) is 17.3. The third-order valence-corrected chi connectivity index (χ3v) is 7.45. The van der Waals surface area contributed by atoms with E-state index in [1.165, 1.54) is 11.3 Å². The number of rotatable bonds is 4. The molecule has 3 rings (SSSR count). The van der Waals surface area contributed by atoms with Gasteiger partial charge in [0.1, 0.15) is 4.88 Å². The number of benzene rings is 1. The summed E-state index contributed by atoms with van der Waals surface area (Å²) in [5.41, 5.74) is 2.51. The minimum atomic E-state index is -0.703. The van der Waals surface area contributed by atoms with Gasteiger partial charge in [-0.15, -0.1) is 11.3 Å². The Kier molecular flexibility index (Phi) is 6.46. The highest BCUT2D eigenvalue weighted by atomic mass is 35.5. The van der Waals surface area contributed by atoms with Crippen LogP contribution >= 0.6 is 22.9 Å². The van der Waals surface area contributed by atoms with Gasteiger partial charge in [-0.05, 0) is 43.7 Å². The summed E-state index contributed by atoms with van der Waals surface area (Å²) in [6.45, 7) is 2.12. The van der Waals surface area contributed by atoms with Crippen LogP contribution in [0.1, 0.15) is 34.1 Å². The fraction of sp³-hybridized carbons (Fsp3) is 0.263. The van der Waals surface area contributed by atoms with Crippen molar-refractivity contribution in [2.75, 3.05) is 18.2 Å². The Balaban J connectivity index is 1.90. The number of urea groups is 1. The van der Waals surface area contributed by atoms with Crippen molar-refractivity contribution in [1.29, 1.82) is 0 Å². The number of amides is 2. The molecule has 0 saturated carbocycles. The molecule has 0 bridgehead atoms. The Hall–Kier alpha value is -1.96. The molecule has 0 radical (unpaired) electrons. The van der Waals surface area contributed by atoms with E-state index in [-0.39, 0.29) is 5.97 Å². The van der Waals surface area contributed by atoms with Crippen LogP contribution in [0.2, 0.25) is 5.02 Å². The molecule has 0 aliphatic heterocycles. The fourth-order valence-electron chi connectivity index (χ4n) is 2.75. The van der Waals surface area contributed by atoms with Gasteiger partial charge in [-0.25, -0.2) is 9.59 Å².